The van der Waals surface area contributed by atoms with E-state index < -0.39 is 5.76 Å². The summed E-state index contributed by atoms with van der Waals surface area (Å²) in [6, 6.07) is 5.57. The number of para-hydroxylation sites is 1. The monoisotopic (exact) mass is 190 g/mol. The third-order valence-corrected chi connectivity index (χ3v) is 2.78. The van der Waals surface area contributed by atoms with E-state index >= 15 is 0 Å². The Labute approximate surface area is 79.7 Å². The number of fused-ring (bicyclic) bond motifs is 1. The van der Waals surface area contributed by atoms with Gasteiger partial charge in [0.2, 0.25) is 0 Å². The first-order chi connectivity index (χ1) is 6.69. The van der Waals surface area contributed by atoms with Gasteiger partial charge in [-0.25, -0.2) is 4.79 Å². The molecule has 0 spiro atoms. The first-order valence-corrected chi connectivity index (χ1v) is 4.60. The Kier molecular flexibility index (Phi) is 1.27. The Balaban J connectivity index is 2.38. The molecule has 72 valence electrons. The predicted octanol–water partition coefficient (Wildman–Crippen LogP) is 1.07. The second-order valence-corrected chi connectivity index (χ2v) is 3.85. The van der Waals surface area contributed by atoms with Crippen LogP contribution in [0.5, 0.6) is 0 Å². The molecule has 0 bridgehead atoms. The summed E-state index contributed by atoms with van der Waals surface area (Å²) in [7, 11) is 0. The van der Waals surface area contributed by atoms with Gasteiger partial charge in [0.25, 0.3) is 0 Å². The zero-order chi connectivity index (χ0) is 9.76. The van der Waals surface area contributed by atoms with Crippen molar-refractivity contribution in [1.29, 1.82) is 0 Å². The molecule has 1 aromatic carbocycles. The maximum atomic E-state index is 11.0. The van der Waals surface area contributed by atoms with Gasteiger partial charge in [-0.15, -0.1) is 0 Å². The highest BCUT2D eigenvalue weighted by Gasteiger charge is 2.41. The van der Waals surface area contributed by atoms with Crippen LogP contribution in [0.1, 0.15) is 18.4 Å². The third-order valence-electron chi connectivity index (χ3n) is 2.78. The molecule has 3 N–H and O–H groups in total. The molecule has 1 saturated carbocycles. The lowest BCUT2D eigenvalue weighted by Crippen LogP contribution is -2.19. The number of hydrogen-bond acceptors (Lipinski definition) is 3. The molecule has 0 amide bonds. The van der Waals surface area contributed by atoms with E-state index in [1.165, 1.54) is 0 Å². The molecular weight excluding hydrogens is 180 g/mol. The Morgan fingerprint density at radius 2 is 2.21 bits per heavy atom. The SMILES string of the molecule is NC1(c2cccc3oc(=O)[nH]c23)CC1. The van der Waals surface area contributed by atoms with Gasteiger partial charge in [-0.3, -0.25) is 4.98 Å². The fourth-order valence-corrected chi connectivity index (χ4v) is 1.79. The van der Waals surface area contributed by atoms with E-state index in [0.717, 1.165) is 23.9 Å². The molecule has 1 aliphatic rings. The van der Waals surface area contributed by atoms with E-state index in [1.807, 2.05) is 12.1 Å². The van der Waals surface area contributed by atoms with Crippen LogP contribution in [-0.4, -0.2) is 4.98 Å². The topological polar surface area (TPSA) is 72.0 Å². The molecule has 0 atom stereocenters. The van der Waals surface area contributed by atoms with Gasteiger partial charge in [0.05, 0.1) is 5.52 Å². The Morgan fingerprint density at radius 1 is 1.43 bits per heavy atom. The van der Waals surface area contributed by atoms with Crippen LogP contribution in [0, 0.1) is 0 Å². The van der Waals surface area contributed by atoms with Crippen molar-refractivity contribution in [2.45, 2.75) is 18.4 Å². The van der Waals surface area contributed by atoms with E-state index in [2.05, 4.69) is 4.98 Å². The van der Waals surface area contributed by atoms with Crippen molar-refractivity contribution < 1.29 is 4.42 Å². The van der Waals surface area contributed by atoms with Crippen LogP contribution < -0.4 is 11.5 Å². The second-order valence-electron chi connectivity index (χ2n) is 3.85. The number of oxazole rings is 1. The predicted molar refractivity (Wildman–Crippen MR) is 51.9 cm³/mol. The molecule has 1 aromatic heterocycles. The van der Waals surface area contributed by atoms with Crippen molar-refractivity contribution in [3.63, 3.8) is 0 Å². The Morgan fingerprint density at radius 3 is 2.93 bits per heavy atom. The van der Waals surface area contributed by atoms with Crippen LogP contribution in [0.25, 0.3) is 11.1 Å². The molecule has 14 heavy (non-hydrogen) atoms. The number of hydrogen-bond donors (Lipinski definition) is 2. The van der Waals surface area contributed by atoms with E-state index in [4.69, 9.17) is 10.2 Å². The van der Waals surface area contributed by atoms with Crippen molar-refractivity contribution >= 4 is 11.1 Å². The fourth-order valence-electron chi connectivity index (χ4n) is 1.79. The second kappa shape index (κ2) is 2.27. The van der Waals surface area contributed by atoms with Gasteiger partial charge < -0.3 is 10.2 Å². The molecule has 0 radical (unpaired) electrons. The number of H-pyrrole nitrogens is 1. The highest BCUT2D eigenvalue weighted by atomic mass is 16.4. The van der Waals surface area contributed by atoms with Crippen molar-refractivity contribution in [2.75, 3.05) is 0 Å². The van der Waals surface area contributed by atoms with E-state index in [0.29, 0.717) is 5.58 Å². The minimum absolute atomic E-state index is 0.244. The van der Waals surface area contributed by atoms with Crippen LogP contribution in [0.4, 0.5) is 0 Å². The first-order valence-electron chi connectivity index (χ1n) is 4.60. The first kappa shape index (κ1) is 7.82. The van der Waals surface area contributed by atoms with E-state index in [-0.39, 0.29) is 5.54 Å². The van der Waals surface area contributed by atoms with Crippen LogP contribution in [0.2, 0.25) is 0 Å². The van der Waals surface area contributed by atoms with Crippen molar-refractivity contribution in [1.82, 2.24) is 4.98 Å². The summed E-state index contributed by atoms with van der Waals surface area (Å²) in [6.07, 6.45) is 1.94. The van der Waals surface area contributed by atoms with Gasteiger partial charge in [-0.1, -0.05) is 12.1 Å². The maximum absolute atomic E-state index is 11.0. The van der Waals surface area contributed by atoms with E-state index in [1.54, 1.807) is 6.07 Å². The lowest BCUT2D eigenvalue weighted by molar-refractivity contribution is 0.555. The van der Waals surface area contributed by atoms with Crippen molar-refractivity contribution in [3.05, 3.63) is 34.3 Å². The summed E-state index contributed by atoms with van der Waals surface area (Å²) < 4.78 is 4.96. The molecule has 1 fully saturated rings. The molecular formula is C10H10N2O2. The van der Waals surface area contributed by atoms with Crippen LogP contribution in [-0.2, 0) is 5.54 Å². The molecule has 4 heteroatoms. The number of nitrogens with two attached hydrogens (primary N) is 1. The molecule has 1 aliphatic carbocycles. The standard InChI is InChI=1S/C10H10N2O2/c11-10(4-5-10)6-2-1-3-7-8(6)12-9(13)14-7/h1-3H,4-5,11H2,(H,12,13). The Hall–Kier alpha value is -1.55. The van der Waals surface area contributed by atoms with Crippen LogP contribution >= 0.6 is 0 Å². The minimum Gasteiger partial charge on any atom is -0.408 e. The lowest BCUT2D eigenvalue weighted by Gasteiger charge is -2.08. The van der Waals surface area contributed by atoms with E-state index in [9.17, 15) is 4.79 Å². The van der Waals surface area contributed by atoms with Crippen LogP contribution in [0.15, 0.2) is 27.4 Å². The van der Waals surface area contributed by atoms with Gasteiger partial charge in [-0.05, 0) is 24.5 Å². The number of benzene rings is 1. The average Bonchev–Trinajstić information content (AvgIpc) is 2.78. The maximum Gasteiger partial charge on any atom is 0.417 e. The lowest BCUT2D eigenvalue weighted by atomic mass is 10.0. The van der Waals surface area contributed by atoms with Crippen molar-refractivity contribution in [3.8, 4) is 0 Å². The molecule has 4 nitrogen and oxygen atoms in total. The highest BCUT2D eigenvalue weighted by Crippen LogP contribution is 2.44. The highest BCUT2D eigenvalue weighted by molar-refractivity contribution is 5.77. The smallest absolute Gasteiger partial charge is 0.408 e. The summed E-state index contributed by atoms with van der Waals surface area (Å²) in [5, 5.41) is 0. The van der Waals surface area contributed by atoms with Crippen molar-refractivity contribution in [2.24, 2.45) is 5.73 Å². The molecule has 0 unspecified atom stereocenters. The molecule has 1 heterocycles. The summed E-state index contributed by atoms with van der Waals surface area (Å²) in [5.74, 6) is -0.420. The zero-order valence-corrected chi connectivity index (χ0v) is 7.54. The number of rotatable bonds is 1. The quantitative estimate of drug-likeness (QED) is 0.706. The zero-order valence-electron chi connectivity index (χ0n) is 7.54. The van der Waals surface area contributed by atoms with Crippen LogP contribution in [0.3, 0.4) is 0 Å². The summed E-state index contributed by atoms with van der Waals surface area (Å²) in [6.45, 7) is 0. The molecule has 2 aromatic rings. The molecule has 3 rings (SSSR count). The fraction of sp³-hybridized carbons (Fsp3) is 0.300. The average molecular weight is 190 g/mol. The number of nitrogens with one attached hydrogen (secondary N) is 1. The normalized spacial score (nSPS) is 18.6. The third kappa shape index (κ3) is 0.943. The van der Waals surface area contributed by atoms with Gasteiger partial charge in [0.15, 0.2) is 5.58 Å². The Bertz CT molecular complexity index is 548. The molecule has 0 saturated heterocycles. The largest absolute Gasteiger partial charge is 0.417 e. The van der Waals surface area contributed by atoms with Gasteiger partial charge in [0, 0.05) is 5.54 Å². The molecule has 0 aliphatic heterocycles. The number of aromatic amines is 1. The summed E-state index contributed by atoms with van der Waals surface area (Å²) in [4.78, 5) is 13.7. The minimum atomic E-state index is -0.420. The van der Waals surface area contributed by atoms with Gasteiger partial charge in [0.1, 0.15) is 0 Å². The van der Waals surface area contributed by atoms with Gasteiger partial charge >= 0.3 is 5.76 Å². The summed E-state index contributed by atoms with van der Waals surface area (Å²) >= 11 is 0. The number of aromatic nitrogens is 1. The van der Waals surface area contributed by atoms with Gasteiger partial charge in [-0.2, -0.15) is 0 Å². The summed E-state index contributed by atoms with van der Waals surface area (Å²) in [5.41, 5.74) is 8.16.